The summed E-state index contributed by atoms with van der Waals surface area (Å²) in [5, 5.41) is 5.91. The van der Waals surface area contributed by atoms with E-state index in [1.807, 2.05) is 6.92 Å². The Morgan fingerprint density at radius 2 is 2.33 bits per heavy atom. The van der Waals surface area contributed by atoms with E-state index in [2.05, 4.69) is 5.10 Å². The summed E-state index contributed by atoms with van der Waals surface area (Å²) >= 11 is 1.20. The van der Waals surface area contributed by atoms with Gasteiger partial charge < -0.3 is 10.3 Å². The topological polar surface area (TPSA) is 65.8 Å². The van der Waals surface area contributed by atoms with Crippen molar-refractivity contribution >= 4 is 17.0 Å². The summed E-state index contributed by atoms with van der Waals surface area (Å²) in [4.78, 5) is 11.3. The molecule has 0 amide bonds. The van der Waals surface area contributed by atoms with Gasteiger partial charge in [-0.1, -0.05) is 11.3 Å². The van der Waals surface area contributed by atoms with Crippen LogP contribution in [0.5, 0.6) is 0 Å². The number of rotatable bonds is 3. The Bertz CT molecular complexity index is 510. The molecule has 0 saturated carbocycles. The molecular weight excluding hydrogens is 212 g/mol. The zero-order chi connectivity index (χ0) is 10.8. The molecule has 0 aliphatic carbocycles. The quantitative estimate of drug-likeness (QED) is 0.834. The van der Waals surface area contributed by atoms with Gasteiger partial charge in [-0.2, -0.15) is 5.10 Å². The van der Waals surface area contributed by atoms with Crippen LogP contribution in [0.3, 0.4) is 0 Å². The summed E-state index contributed by atoms with van der Waals surface area (Å²) in [6.45, 7) is 3.21. The van der Waals surface area contributed by atoms with Crippen molar-refractivity contribution in [1.29, 1.82) is 0 Å². The van der Waals surface area contributed by atoms with Crippen molar-refractivity contribution in [3.63, 3.8) is 0 Å². The minimum absolute atomic E-state index is 0.0628. The minimum Gasteiger partial charge on any atom is -0.396 e. The molecule has 5 nitrogen and oxygen atoms in total. The molecule has 2 aromatic rings. The summed E-state index contributed by atoms with van der Waals surface area (Å²) < 4.78 is 3.47. The van der Waals surface area contributed by atoms with Gasteiger partial charge in [0.05, 0.1) is 24.1 Å². The third-order valence-corrected chi connectivity index (χ3v) is 3.03. The molecule has 0 spiro atoms. The van der Waals surface area contributed by atoms with E-state index in [1.54, 1.807) is 27.0 Å². The van der Waals surface area contributed by atoms with Crippen LogP contribution in [-0.2, 0) is 13.1 Å². The number of aromatic nitrogens is 3. The Balaban J connectivity index is 2.09. The highest BCUT2D eigenvalue weighted by atomic mass is 32.1. The number of nitrogens with two attached hydrogens (primary N) is 1. The Kier molecular flexibility index (Phi) is 2.59. The molecule has 2 rings (SSSR count). The molecule has 2 aromatic heterocycles. The number of hydrogen-bond donors (Lipinski definition) is 1. The summed E-state index contributed by atoms with van der Waals surface area (Å²) in [5.41, 5.74) is 7.30. The second-order valence-corrected chi connectivity index (χ2v) is 4.13. The van der Waals surface area contributed by atoms with Crippen molar-refractivity contribution < 1.29 is 0 Å². The van der Waals surface area contributed by atoms with E-state index in [1.165, 1.54) is 11.3 Å². The van der Waals surface area contributed by atoms with Gasteiger partial charge in [-0.05, 0) is 6.92 Å². The predicted molar refractivity (Wildman–Crippen MR) is 60.0 cm³/mol. The van der Waals surface area contributed by atoms with Crippen LogP contribution in [0, 0.1) is 6.92 Å². The molecule has 0 radical (unpaired) electrons. The van der Waals surface area contributed by atoms with E-state index in [-0.39, 0.29) is 4.87 Å². The van der Waals surface area contributed by atoms with Gasteiger partial charge in [-0.25, -0.2) is 0 Å². The molecule has 6 heteroatoms. The predicted octanol–water partition coefficient (Wildman–Crippen LogP) is 0.697. The first-order valence-electron chi connectivity index (χ1n) is 4.60. The first-order chi connectivity index (χ1) is 7.18. The molecule has 80 valence electrons. The monoisotopic (exact) mass is 224 g/mol. The van der Waals surface area contributed by atoms with E-state index in [0.717, 1.165) is 5.69 Å². The van der Waals surface area contributed by atoms with Gasteiger partial charge >= 0.3 is 4.87 Å². The number of nitrogen functional groups attached to an aromatic ring is 1. The highest BCUT2D eigenvalue weighted by molar-refractivity contribution is 7.07. The highest BCUT2D eigenvalue weighted by Crippen LogP contribution is 2.08. The van der Waals surface area contributed by atoms with Gasteiger partial charge in [0.15, 0.2) is 0 Å². The summed E-state index contributed by atoms with van der Waals surface area (Å²) in [5.74, 6) is 0. The van der Waals surface area contributed by atoms with Gasteiger partial charge in [-0.15, -0.1) is 0 Å². The number of thiazole rings is 1. The van der Waals surface area contributed by atoms with Crippen molar-refractivity contribution in [2.75, 3.05) is 5.73 Å². The molecule has 0 fully saturated rings. The van der Waals surface area contributed by atoms with Gasteiger partial charge in [0, 0.05) is 18.1 Å². The third kappa shape index (κ3) is 1.94. The summed E-state index contributed by atoms with van der Waals surface area (Å²) in [6.07, 6.45) is 3.42. The first-order valence-corrected chi connectivity index (χ1v) is 5.48. The second kappa shape index (κ2) is 3.90. The molecule has 0 unspecified atom stereocenters. The van der Waals surface area contributed by atoms with Gasteiger partial charge in [0.2, 0.25) is 0 Å². The zero-order valence-corrected chi connectivity index (χ0v) is 9.20. The van der Waals surface area contributed by atoms with Gasteiger partial charge in [-0.3, -0.25) is 9.48 Å². The normalized spacial score (nSPS) is 10.7. The van der Waals surface area contributed by atoms with Crippen molar-refractivity contribution in [3.05, 3.63) is 33.1 Å². The molecule has 0 aliphatic rings. The zero-order valence-electron chi connectivity index (χ0n) is 8.38. The van der Waals surface area contributed by atoms with Crippen LogP contribution >= 0.6 is 11.3 Å². The standard InChI is InChI=1S/C9H12N4OS/c1-7-8(10)6-11-13(7)3-2-12-4-5-15-9(12)14/h4-6H,2-3,10H2,1H3. The van der Waals surface area contributed by atoms with Crippen LogP contribution in [0.1, 0.15) is 5.69 Å². The summed E-state index contributed by atoms with van der Waals surface area (Å²) in [6, 6.07) is 0. The van der Waals surface area contributed by atoms with Crippen molar-refractivity contribution in [2.24, 2.45) is 0 Å². The molecule has 2 heterocycles. The Morgan fingerprint density at radius 3 is 2.87 bits per heavy atom. The van der Waals surface area contributed by atoms with Crippen LogP contribution in [0.25, 0.3) is 0 Å². The van der Waals surface area contributed by atoms with Crippen LogP contribution in [0.15, 0.2) is 22.6 Å². The van der Waals surface area contributed by atoms with Crippen molar-refractivity contribution in [2.45, 2.75) is 20.0 Å². The maximum Gasteiger partial charge on any atom is 0.307 e. The van der Waals surface area contributed by atoms with Gasteiger partial charge in [0.1, 0.15) is 0 Å². The smallest absolute Gasteiger partial charge is 0.307 e. The minimum atomic E-state index is 0.0628. The average molecular weight is 224 g/mol. The lowest BCUT2D eigenvalue weighted by molar-refractivity contribution is 0.520. The van der Waals surface area contributed by atoms with Crippen LogP contribution < -0.4 is 10.6 Å². The Hall–Kier alpha value is -1.56. The number of aryl methyl sites for hydroxylation is 2. The fraction of sp³-hybridized carbons (Fsp3) is 0.333. The SMILES string of the molecule is Cc1c(N)cnn1CCn1ccsc1=O. The van der Waals surface area contributed by atoms with Gasteiger partial charge in [0.25, 0.3) is 0 Å². The maximum absolute atomic E-state index is 11.3. The Labute approximate surface area is 90.8 Å². The van der Waals surface area contributed by atoms with Crippen LogP contribution in [0.4, 0.5) is 5.69 Å². The lowest BCUT2D eigenvalue weighted by atomic mass is 10.4. The number of hydrogen-bond acceptors (Lipinski definition) is 4. The van der Waals surface area contributed by atoms with Crippen molar-refractivity contribution in [1.82, 2.24) is 14.3 Å². The molecule has 0 atom stereocenters. The highest BCUT2D eigenvalue weighted by Gasteiger charge is 2.03. The van der Waals surface area contributed by atoms with E-state index in [0.29, 0.717) is 18.8 Å². The molecule has 2 N–H and O–H groups in total. The third-order valence-electron chi connectivity index (χ3n) is 2.34. The molecule has 15 heavy (non-hydrogen) atoms. The second-order valence-electron chi connectivity index (χ2n) is 3.27. The largest absolute Gasteiger partial charge is 0.396 e. The van der Waals surface area contributed by atoms with E-state index in [9.17, 15) is 4.79 Å². The number of anilines is 1. The van der Waals surface area contributed by atoms with Crippen molar-refractivity contribution in [3.8, 4) is 0 Å². The van der Waals surface area contributed by atoms with E-state index in [4.69, 9.17) is 5.73 Å². The lowest BCUT2D eigenvalue weighted by Crippen LogP contribution is -2.17. The fourth-order valence-corrected chi connectivity index (χ4v) is 1.96. The number of nitrogens with zero attached hydrogens (tertiary/aromatic N) is 3. The maximum atomic E-state index is 11.3. The first kappa shape index (κ1) is 9.97. The Morgan fingerprint density at radius 1 is 1.53 bits per heavy atom. The molecule has 0 bridgehead atoms. The average Bonchev–Trinajstić information content (AvgIpc) is 2.74. The van der Waals surface area contributed by atoms with E-state index < -0.39 is 0 Å². The van der Waals surface area contributed by atoms with Crippen LogP contribution in [0.2, 0.25) is 0 Å². The molecule has 0 aromatic carbocycles. The lowest BCUT2D eigenvalue weighted by Gasteiger charge is -2.04. The molecule has 0 aliphatic heterocycles. The van der Waals surface area contributed by atoms with Crippen LogP contribution in [-0.4, -0.2) is 14.3 Å². The molecular formula is C9H12N4OS. The summed E-state index contributed by atoms with van der Waals surface area (Å²) in [7, 11) is 0. The fourth-order valence-electron chi connectivity index (χ4n) is 1.35. The van der Waals surface area contributed by atoms with E-state index >= 15 is 0 Å². The molecule has 0 saturated heterocycles.